The van der Waals surface area contributed by atoms with Crippen LogP contribution in [0.5, 0.6) is 0 Å². The van der Waals surface area contributed by atoms with Crippen molar-refractivity contribution in [1.29, 1.82) is 0 Å². The van der Waals surface area contributed by atoms with Crippen molar-refractivity contribution in [3.05, 3.63) is 48.3 Å². The fourth-order valence-electron chi connectivity index (χ4n) is 3.52. The van der Waals surface area contributed by atoms with Crippen LogP contribution in [0.3, 0.4) is 0 Å². The highest BCUT2D eigenvalue weighted by atomic mass is 79.9. The lowest BCUT2D eigenvalue weighted by Crippen LogP contribution is -2.50. The highest BCUT2D eigenvalue weighted by molar-refractivity contribution is 9.09. The lowest BCUT2D eigenvalue weighted by molar-refractivity contribution is -0.0684. The lowest BCUT2D eigenvalue weighted by Gasteiger charge is -2.42. The summed E-state index contributed by atoms with van der Waals surface area (Å²) in [6.07, 6.45) is 4.84. The molecule has 2 aromatic rings. The zero-order chi connectivity index (χ0) is 15.8. The largest absolute Gasteiger partial charge is 0.387 e. The van der Waals surface area contributed by atoms with E-state index in [0.29, 0.717) is 11.9 Å². The Kier molecular flexibility index (Phi) is 4.07. The smallest absolute Gasteiger partial charge is 0.137 e. The van der Waals surface area contributed by atoms with E-state index in [1.807, 2.05) is 0 Å². The fourth-order valence-corrected chi connectivity index (χ4v) is 4.29. The standard InChI is InChI=1S/C16H19BrFN3O/c1-15(8-17)7-6-14(12-2-4-13(18)5-3-12)16(15,22)9-21-11-19-10-20-21/h2-5,10-11,14,22H,6-9H2,1H3/t14-,15+,16+/m1/s1. The second-order valence-corrected chi connectivity index (χ2v) is 6.92. The highest BCUT2D eigenvalue weighted by Gasteiger charge is 2.56. The molecule has 0 aliphatic heterocycles. The maximum absolute atomic E-state index is 13.2. The molecule has 0 radical (unpaired) electrons. The molecule has 1 aromatic carbocycles. The Hall–Kier alpha value is -1.27. The summed E-state index contributed by atoms with van der Waals surface area (Å²) in [6.45, 7) is 2.46. The molecule has 1 saturated carbocycles. The van der Waals surface area contributed by atoms with Crippen molar-refractivity contribution in [1.82, 2.24) is 14.8 Å². The van der Waals surface area contributed by atoms with Crippen LogP contribution in [0.25, 0.3) is 0 Å². The molecule has 22 heavy (non-hydrogen) atoms. The van der Waals surface area contributed by atoms with E-state index < -0.39 is 5.60 Å². The van der Waals surface area contributed by atoms with Gasteiger partial charge in [-0.2, -0.15) is 5.10 Å². The first-order valence-corrected chi connectivity index (χ1v) is 8.47. The zero-order valence-electron chi connectivity index (χ0n) is 12.4. The van der Waals surface area contributed by atoms with Gasteiger partial charge in [0, 0.05) is 16.7 Å². The number of rotatable bonds is 4. The highest BCUT2D eigenvalue weighted by Crippen LogP contribution is 2.55. The van der Waals surface area contributed by atoms with E-state index in [4.69, 9.17) is 0 Å². The molecule has 0 spiro atoms. The third-order valence-electron chi connectivity index (χ3n) is 5.04. The number of aromatic nitrogens is 3. The normalized spacial score (nSPS) is 31.5. The Morgan fingerprint density at radius 2 is 2.14 bits per heavy atom. The Balaban J connectivity index is 1.99. The molecule has 1 aliphatic carbocycles. The zero-order valence-corrected chi connectivity index (χ0v) is 14.0. The molecule has 1 fully saturated rings. The van der Waals surface area contributed by atoms with Gasteiger partial charge >= 0.3 is 0 Å². The SMILES string of the molecule is C[C@@]1(CBr)CC[C@H](c2ccc(F)cc2)[C@@]1(O)Cn1cncn1. The van der Waals surface area contributed by atoms with Crippen molar-refractivity contribution < 1.29 is 9.50 Å². The van der Waals surface area contributed by atoms with Gasteiger partial charge in [0.05, 0.1) is 12.1 Å². The van der Waals surface area contributed by atoms with Crippen molar-refractivity contribution in [3.63, 3.8) is 0 Å². The van der Waals surface area contributed by atoms with Crippen LogP contribution in [0.4, 0.5) is 4.39 Å². The number of halogens is 2. The van der Waals surface area contributed by atoms with Crippen molar-refractivity contribution in [2.75, 3.05) is 5.33 Å². The monoisotopic (exact) mass is 367 g/mol. The molecule has 0 saturated heterocycles. The number of alkyl halides is 1. The summed E-state index contributed by atoms with van der Waals surface area (Å²) >= 11 is 3.56. The average Bonchev–Trinajstić information content (AvgIpc) is 3.09. The predicted octanol–water partition coefficient (Wildman–Crippen LogP) is 3.13. The molecular formula is C16H19BrFN3O. The van der Waals surface area contributed by atoms with Crippen LogP contribution in [0.15, 0.2) is 36.9 Å². The Morgan fingerprint density at radius 3 is 2.73 bits per heavy atom. The Labute approximate surface area is 137 Å². The minimum Gasteiger partial charge on any atom is -0.387 e. The third kappa shape index (κ3) is 2.48. The fraction of sp³-hybridized carbons (Fsp3) is 0.500. The molecule has 1 aromatic heterocycles. The molecule has 6 heteroatoms. The van der Waals surface area contributed by atoms with E-state index in [2.05, 4.69) is 32.9 Å². The molecule has 4 nitrogen and oxygen atoms in total. The molecule has 3 rings (SSSR count). The van der Waals surface area contributed by atoms with Gasteiger partial charge in [0.25, 0.3) is 0 Å². The third-order valence-corrected chi connectivity index (χ3v) is 6.28. The molecule has 0 unspecified atom stereocenters. The number of hydrogen-bond acceptors (Lipinski definition) is 3. The average molecular weight is 368 g/mol. The maximum atomic E-state index is 13.2. The van der Waals surface area contributed by atoms with Gasteiger partial charge in [0.1, 0.15) is 18.5 Å². The first-order chi connectivity index (χ1) is 10.5. The number of hydrogen-bond donors (Lipinski definition) is 1. The number of aliphatic hydroxyl groups is 1. The molecule has 1 aliphatic rings. The van der Waals surface area contributed by atoms with Crippen molar-refractivity contribution in [2.45, 2.75) is 37.8 Å². The van der Waals surface area contributed by atoms with E-state index in [9.17, 15) is 9.50 Å². The van der Waals surface area contributed by atoms with Gasteiger partial charge in [-0.3, -0.25) is 4.68 Å². The minimum atomic E-state index is -0.970. The number of nitrogens with zero attached hydrogens (tertiary/aromatic N) is 3. The van der Waals surface area contributed by atoms with Crippen LogP contribution in [-0.2, 0) is 6.54 Å². The van der Waals surface area contributed by atoms with Gasteiger partial charge in [0.15, 0.2) is 0 Å². The van der Waals surface area contributed by atoms with E-state index >= 15 is 0 Å². The summed E-state index contributed by atoms with van der Waals surface area (Å²) in [5.74, 6) is -0.315. The molecule has 0 amide bonds. The number of benzene rings is 1. The molecule has 0 bridgehead atoms. The van der Waals surface area contributed by atoms with Crippen LogP contribution in [0.2, 0.25) is 0 Å². The van der Waals surface area contributed by atoms with Gasteiger partial charge in [-0.05, 0) is 30.5 Å². The topological polar surface area (TPSA) is 50.9 Å². The summed E-state index contributed by atoms with van der Waals surface area (Å²) in [7, 11) is 0. The summed E-state index contributed by atoms with van der Waals surface area (Å²) in [6, 6.07) is 6.45. The van der Waals surface area contributed by atoms with Crippen molar-refractivity contribution in [3.8, 4) is 0 Å². The van der Waals surface area contributed by atoms with Gasteiger partial charge in [0.2, 0.25) is 0 Å². The van der Waals surface area contributed by atoms with Crippen LogP contribution in [0, 0.1) is 11.2 Å². The molecule has 3 atom stereocenters. The lowest BCUT2D eigenvalue weighted by atomic mass is 9.72. The first-order valence-electron chi connectivity index (χ1n) is 7.35. The van der Waals surface area contributed by atoms with E-state index in [0.717, 1.165) is 18.4 Å². The summed E-state index contributed by atoms with van der Waals surface area (Å²) in [4.78, 5) is 3.96. The predicted molar refractivity (Wildman–Crippen MR) is 85.2 cm³/mol. The van der Waals surface area contributed by atoms with Gasteiger partial charge in [-0.15, -0.1) is 0 Å². The van der Waals surface area contributed by atoms with E-state index in [1.54, 1.807) is 23.1 Å². The summed E-state index contributed by atoms with van der Waals surface area (Å²) < 4.78 is 14.9. The van der Waals surface area contributed by atoms with Crippen LogP contribution < -0.4 is 0 Å². The molecule has 118 valence electrons. The molecular weight excluding hydrogens is 349 g/mol. The van der Waals surface area contributed by atoms with Gasteiger partial charge < -0.3 is 5.11 Å². The Morgan fingerprint density at radius 1 is 1.41 bits per heavy atom. The van der Waals surface area contributed by atoms with Crippen LogP contribution in [-0.4, -0.2) is 30.8 Å². The van der Waals surface area contributed by atoms with Crippen LogP contribution >= 0.6 is 15.9 Å². The van der Waals surface area contributed by atoms with Crippen LogP contribution in [0.1, 0.15) is 31.2 Å². The quantitative estimate of drug-likeness (QED) is 0.844. The van der Waals surface area contributed by atoms with E-state index in [1.165, 1.54) is 18.5 Å². The van der Waals surface area contributed by atoms with Crippen molar-refractivity contribution >= 4 is 15.9 Å². The Bertz CT molecular complexity index is 633. The summed E-state index contributed by atoms with van der Waals surface area (Å²) in [5.41, 5.74) is -0.284. The molecule has 1 N–H and O–H groups in total. The second kappa shape index (κ2) is 5.74. The summed E-state index contributed by atoms with van der Waals surface area (Å²) in [5, 5.41) is 16.4. The van der Waals surface area contributed by atoms with Gasteiger partial charge in [-0.25, -0.2) is 9.37 Å². The van der Waals surface area contributed by atoms with E-state index in [-0.39, 0.29) is 17.2 Å². The minimum absolute atomic E-state index is 0.0557. The van der Waals surface area contributed by atoms with Crippen molar-refractivity contribution in [2.24, 2.45) is 5.41 Å². The maximum Gasteiger partial charge on any atom is 0.137 e. The van der Waals surface area contributed by atoms with Gasteiger partial charge in [-0.1, -0.05) is 35.0 Å². The molecule has 1 heterocycles. The second-order valence-electron chi connectivity index (χ2n) is 6.35. The first kappa shape index (κ1) is 15.6.